The Morgan fingerprint density at radius 3 is 2.25 bits per heavy atom. The first-order chi connectivity index (χ1) is 9.38. The lowest BCUT2D eigenvalue weighted by molar-refractivity contribution is -0.140. The molecule has 2 atom stereocenters. The Morgan fingerprint density at radius 1 is 1.15 bits per heavy atom. The van der Waals surface area contributed by atoms with Crippen molar-refractivity contribution in [3.63, 3.8) is 0 Å². The van der Waals surface area contributed by atoms with E-state index >= 15 is 0 Å². The van der Waals surface area contributed by atoms with Gasteiger partial charge in [0.15, 0.2) is 9.84 Å². The van der Waals surface area contributed by atoms with Crippen LogP contribution in [0, 0.1) is 5.92 Å². The molecule has 2 bridgehead atoms. The van der Waals surface area contributed by atoms with Gasteiger partial charge < -0.3 is 9.80 Å². The van der Waals surface area contributed by atoms with Crippen LogP contribution in [0.4, 0.5) is 0 Å². The van der Waals surface area contributed by atoms with E-state index in [0.717, 1.165) is 0 Å². The summed E-state index contributed by atoms with van der Waals surface area (Å²) in [6.45, 7) is 3.18. The highest BCUT2D eigenvalue weighted by Crippen LogP contribution is 2.35. The first-order valence-electron chi connectivity index (χ1n) is 7.16. The minimum atomic E-state index is -2.95. The van der Waals surface area contributed by atoms with Gasteiger partial charge in [0, 0.05) is 38.5 Å². The lowest BCUT2D eigenvalue weighted by atomic mass is 9.95. The lowest BCUT2D eigenvalue weighted by Crippen LogP contribution is -2.49. The molecule has 2 unspecified atom stereocenters. The number of sulfone groups is 1. The summed E-state index contributed by atoms with van der Waals surface area (Å²) in [6.07, 6.45) is 2.00. The Kier molecular flexibility index (Phi) is 3.27. The second-order valence-corrected chi connectivity index (χ2v) is 8.44. The minimum Gasteiger partial charge on any atom is -0.343 e. The summed E-state index contributed by atoms with van der Waals surface area (Å²) < 4.78 is 23.4. The summed E-state index contributed by atoms with van der Waals surface area (Å²) in [4.78, 5) is 27.3. The van der Waals surface area contributed by atoms with Crippen LogP contribution in [0.1, 0.15) is 26.2 Å². The van der Waals surface area contributed by atoms with Crippen LogP contribution in [0.2, 0.25) is 0 Å². The van der Waals surface area contributed by atoms with Crippen molar-refractivity contribution in [3.8, 4) is 0 Å². The van der Waals surface area contributed by atoms with Gasteiger partial charge in [-0.2, -0.15) is 0 Å². The maximum atomic E-state index is 12.5. The van der Waals surface area contributed by atoms with Gasteiger partial charge in [-0.1, -0.05) is 0 Å². The van der Waals surface area contributed by atoms with Crippen molar-refractivity contribution >= 4 is 21.7 Å². The van der Waals surface area contributed by atoms with Gasteiger partial charge in [0.05, 0.1) is 11.0 Å². The van der Waals surface area contributed by atoms with E-state index in [-0.39, 0.29) is 34.8 Å². The van der Waals surface area contributed by atoms with Gasteiger partial charge in [-0.3, -0.25) is 9.59 Å². The standard InChI is InChI=1S/C13H20N2O4S/c1-9(16)14-4-2-10(3-5-14)13(17)15-7-12-6-11(15)8-20(12,18)19/h10-12H,2-8H2,1H3. The van der Waals surface area contributed by atoms with E-state index in [0.29, 0.717) is 38.9 Å². The number of nitrogens with zero attached hydrogens (tertiary/aromatic N) is 2. The zero-order valence-corrected chi connectivity index (χ0v) is 12.4. The van der Waals surface area contributed by atoms with E-state index in [9.17, 15) is 18.0 Å². The highest BCUT2D eigenvalue weighted by Gasteiger charge is 2.50. The Labute approximate surface area is 119 Å². The van der Waals surface area contributed by atoms with Crippen LogP contribution in [0.25, 0.3) is 0 Å². The lowest BCUT2D eigenvalue weighted by Gasteiger charge is -2.35. The predicted octanol–water partition coefficient (Wildman–Crippen LogP) is -0.357. The molecule has 0 aromatic carbocycles. The molecule has 2 amide bonds. The molecular weight excluding hydrogens is 280 g/mol. The van der Waals surface area contributed by atoms with Gasteiger partial charge >= 0.3 is 0 Å². The molecule has 3 heterocycles. The molecule has 3 aliphatic rings. The summed E-state index contributed by atoms with van der Waals surface area (Å²) in [6, 6.07) is -0.108. The smallest absolute Gasteiger partial charge is 0.226 e. The average molecular weight is 300 g/mol. The van der Waals surface area contributed by atoms with E-state index in [4.69, 9.17) is 0 Å². The zero-order valence-electron chi connectivity index (χ0n) is 11.6. The van der Waals surface area contributed by atoms with Crippen molar-refractivity contribution < 1.29 is 18.0 Å². The number of piperidine rings is 1. The van der Waals surface area contributed by atoms with E-state index in [1.54, 1.807) is 16.7 Å². The monoisotopic (exact) mass is 300 g/mol. The fraction of sp³-hybridized carbons (Fsp3) is 0.846. The van der Waals surface area contributed by atoms with Crippen molar-refractivity contribution in [1.82, 2.24) is 9.80 Å². The normalized spacial score (nSPS) is 32.6. The molecule has 3 rings (SSSR count). The molecule has 0 aromatic heterocycles. The summed E-state index contributed by atoms with van der Waals surface area (Å²) in [5.41, 5.74) is 0. The summed E-state index contributed by atoms with van der Waals surface area (Å²) in [7, 11) is -2.95. The molecule has 3 aliphatic heterocycles. The SMILES string of the molecule is CC(=O)N1CCC(C(=O)N2CC3CC2CS3(=O)=O)CC1. The van der Waals surface area contributed by atoms with Crippen molar-refractivity contribution in [2.75, 3.05) is 25.4 Å². The highest BCUT2D eigenvalue weighted by molar-refractivity contribution is 7.92. The van der Waals surface area contributed by atoms with Crippen LogP contribution in [0.15, 0.2) is 0 Å². The molecular formula is C13H20N2O4S. The number of likely N-dealkylation sites (tertiary alicyclic amines) is 2. The van der Waals surface area contributed by atoms with Crippen LogP contribution in [0.5, 0.6) is 0 Å². The minimum absolute atomic E-state index is 0.0485. The van der Waals surface area contributed by atoms with Gasteiger partial charge in [0.1, 0.15) is 0 Å². The molecule has 7 heteroatoms. The van der Waals surface area contributed by atoms with Gasteiger partial charge in [-0.25, -0.2) is 8.42 Å². The molecule has 3 saturated heterocycles. The molecule has 3 fully saturated rings. The first kappa shape index (κ1) is 13.9. The maximum absolute atomic E-state index is 12.5. The van der Waals surface area contributed by atoms with E-state index in [1.807, 2.05) is 0 Å². The van der Waals surface area contributed by atoms with E-state index in [2.05, 4.69) is 0 Å². The Hall–Kier alpha value is -1.11. The molecule has 0 radical (unpaired) electrons. The molecule has 0 aromatic rings. The zero-order chi connectivity index (χ0) is 14.5. The second kappa shape index (κ2) is 4.72. The number of amides is 2. The third-order valence-electron chi connectivity index (χ3n) is 4.88. The molecule has 0 aliphatic carbocycles. The molecule has 6 nitrogen and oxygen atoms in total. The van der Waals surface area contributed by atoms with Crippen LogP contribution >= 0.6 is 0 Å². The predicted molar refractivity (Wildman–Crippen MR) is 72.7 cm³/mol. The molecule has 112 valence electrons. The second-order valence-electron chi connectivity index (χ2n) is 6.11. The maximum Gasteiger partial charge on any atom is 0.226 e. The molecule has 0 saturated carbocycles. The van der Waals surface area contributed by atoms with Crippen LogP contribution in [-0.4, -0.2) is 66.7 Å². The Bertz CT molecular complexity index is 537. The van der Waals surface area contributed by atoms with E-state index < -0.39 is 9.84 Å². The quantitative estimate of drug-likeness (QED) is 0.663. The van der Waals surface area contributed by atoms with Crippen molar-refractivity contribution in [2.45, 2.75) is 37.5 Å². The van der Waals surface area contributed by atoms with Gasteiger partial charge in [-0.05, 0) is 19.3 Å². The number of carbonyl (C=O) groups excluding carboxylic acids is 2. The Balaban J connectivity index is 1.61. The number of hydrogen-bond acceptors (Lipinski definition) is 4. The molecule has 0 spiro atoms. The van der Waals surface area contributed by atoms with Crippen molar-refractivity contribution in [2.24, 2.45) is 5.92 Å². The van der Waals surface area contributed by atoms with Crippen LogP contribution in [0.3, 0.4) is 0 Å². The largest absolute Gasteiger partial charge is 0.343 e. The van der Waals surface area contributed by atoms with Crippen LogP contribution in [-0.2, 0) is 19.4 Å². The highest BCUT2D eigenvalue weighted by atomic mass is 32.2. The third kappa shape index (κ3) is 2.21. The van der Waals surface area contributed by atoms with Gasteiger partial charge in [-0.15, -0.1) is 0 Å². The summed E-state index contributed by atoms with van der Waals surface area (Å²) >= 11 is 0. The molecule has 20 heavy (non-hydrogen) atoms. The number of rotatable bonds is 1. The fourth-order valence-electron chi connectivity index (χ4n) is 3.64. The number of hydrogen-bond donors (Lipinski definition) is 0. The topological polar surface area (TPSA) is 74.8 Å². The van der Waals surface area contributed by atoms with E-state index in [1.165, 1.54) is 0 Å². The van der Waals surface area contributed by atoms with Crippen molar-refractivity contribution in [1.29, 1.82) is 0 Å². The molecule has 0 N–H and O–H groups in total. The average Bonchev–Trinajstić information content (AvgIpc) is 2.93. The van der Waals surface area contributed by atoms with Crippen LogP contribution < -0.4 is 0 Å². The number of fused-ring (bicyclic) bond motifs is 2. The van der Waals surface area contributed by atoms with Gasteiger partial charge in [0.2, 0.25) is 11.8 Å². The summed E-state index contributed by atoms with van der Waals surface area (Å²) in [5.74, 6) is 0.237. The third-order valence-corrected chi connectivity index (χ3v) is 7.09. The first-order valence-corrected chi connectivity index (χ1v) is 8.87. The Morgan fingerprint density at radius 2 is 1.80 bits per heavy atom. The van der Waals surface area contributed by atoms with Crippen molar-refractivity contribution in [3.05, 3.63) is 0 Å². The fourth-order valence-corrected chi connectivity index (χ4v) is 5.67. The van der Waals surface area contributed by atoms with Gasteiger partial charge in [0.25, 0.3) is 0 Å². The number of carbonyl (C=O) groups is 2. The summed E-state index contributed by atoms with van der Waals surface area (Å²) in [5, 5.41) is -0.339.